The lowest BCUT2D eigenvalue weighted by Gasteiger charge is -2.29. The summed E-state index contributed by atoms with van der Waals surface area (Å²) in [5.41, 5.74) is 1.04. The minimum atomic E-state index is -0.683. The highest BCUT2D eigenvalue weighted by atomic mass is 16.6. The molecule has 0 spiro atoms. The first-order valence-electron chi connectivity index (χ1n) is 7.85. The van der Waals surface area contributed by atoms with Gasteiger partial charge in [-0.3, -0.25) is 24.5 Å². The molecule has 2 aromatic rings. The van der Waals surface area contributed by atoms with E-state index in [1.807, 2.05) is 0 Å². The van der Waals surface area contributed by atoms with Crippen LogP contribution in [0.15, 0.2) is 59.9 Å². The van der Waals surface area contributed by atoms with Gasteiger partial charge in [-0.1, -0.05) is 36.4 Å². The number of ether oxygens (including phenoxy) is 1. The van der Waals surface area contributed by atoms with Gasteiger partial charge in [-0.2, -0.15) is 0 Å². The number of benzene rings is 2. The molecule has 1 atom stereocenters. The van der Waals surface area contributed by atoms with Gasteiger partial charge in [0.15, 0.2) is 11.5 Å². The van der Waals surface area contributed by atoms with Crippen molar-refractivity contribution in [3.63, 3.8) is 0 Å². The van der Waals surface area contributed by atoms with Crippen molar-refractivity contribution < 1.29 is 24.0 Å². The third kappa shape index (κ3) is 2.33. The maximum atomic E-state index is 13.0. The molecule has 4 rings (SSSR count). The Morgan fingerprint density at radius 1 is 0.923 bits per heavy atom. The second kappa shape index (κ2) is 5.73. The fourth-order valence-corrected chi connectivity index (χ4v) is 3.33. The summed E-state index contributed by atoms with van der Waals surface area (Å²) in [4.78, 5) is 47.9. The lowest BCUT2D eigenvalue weighted by Crippen LogP contribution is -2.32. The van der Waals surface area contributed by atoms with Gasteiger partial charge >= 0.3 is 5.97 Å². The zero-order valence-electron chi connectivity index (χ0n) is 13.3. The van der Waals surface area contributed by atoms with E-state index in [9.17, 15) is 24.5 Å². The number of non-ortho nitro benzene ring substituents is 1. The number of Topliss-reactive ketones (excluding diaryl/α,β-unsaturated/α-hetero) is 2. The fourth-order valence-electron chi connectivity index (χ4n) is 3.33. The molecule has 0 fully saturated rings. The Morgan fingerprint density at radius 3 is 2.15 bits per heavy atom. The summed E-state index contributed by atoms with van der Waals surface area (Å²) in [7, 11) is 0. The number of hydrogen-bond acceptors (Lipinski definition) is 6. The first-order valence-corrected chi connectivity index (χ1v) is 7.85. The topological polar surface area (TPSA) is 104 Å². The lowest BCUT2D eigenvalue weighted by atomic mass is 9.77. The van der Waals surface area contributed by atoms with Gasteiger partial charge in [0.1, 0.15) is 0 Å². The van der Waals surface area contributed by atoms with Crippen molar-refractivity contribution in [2.24, 2.45) is 0 Å². The molecule has 128 valence electrons. The SMILES string of the molecule is O=C1CC(c2ccc([N+](=O)[O-])cc2)C2=C(O1)C(=O)c1ccccc1C2=O. The van der Waals surface area contributed by atoms with Crippen LogP contribution < -0.4 is 0 Å². The van der Waals surface area contributed by atoms with Crippen LogP contribution in [0.1, 0.15) is 38.6 Å². The Labute approximate surface area is 147 Å². The number of nitro benzene ring substituents is 1. The normalized spacial score (nSPS) is 18.9. The van der Waals surface area contributed by atoms with E-state index in [1.54, 1.807) is 18.2 Å². The zero-order chi connectivity index (χ0) is 18.4. The molecule has 0 amide bonds. The molecule has 0 radical (unpaired) electrons. The fraction of sp³-hybridized carbons (Fsp3) is 0.105. The molecule has 2 aromatic carbocycles. The van der Waals surface area contributed by atoms with Gasteiger partial charge in [0, 0.05) is 29.2 Å². The largest absolute Gasteiger partial charge is 0.422 e. The Bertz CT molecular complexity index is 1020. The van der Waals surface area contributed by atoms with Crippen molar-refractivity contribution in [3.05, 3.63) is 86.7 Å². The van der Waals surface area contributed by atoms with E-state index in [0.29, 0.717) is 5.56 Å². The minimum Gasteiger partial charge on any atom is -0.422 e. The van der Waals surface area contributed by atoms with Gasteiger partial charge in [0.25, 0.3) is 5.69 Å². The van der Waals surface area contributed by atoms with Crippen LogP contribution in [0, 0.1) is 10.1 Å². The summed E-state index contributed by atoms with van der Waals surface area (Å²) < 4.78 is 5.11. The number of nitrogens with zero attached hydrogens (tertiary/aromatic N) is 1. The van der Waals surface area contributed by atoms with Gasteiger partial charge in [-0.25, -0.2) is 0 Å². The summed E-state index contributed by atoms with van der Waals surface area (Å²) in [5, 5.41) is 10.8. The van der Waals surface area contributed by atoms with E-state index in [-0.39, 0.29) is 40.4 Å². The van der Waals surface area contributed by atoms with Crippen molar-refractivity contribution in [1.82, 2.24) is 0 Å². The van der Waals surface area contributed by atoms with Gasteiger partial charge < -0.3 is 4.74 Å². The molecule has 0 saturated heterocycles. The average molecular weight is 349 g/mol. The summed E-state index contributed by atoms with van der Waals surface area (Å²) in [6.07, 6.45) is -0.113. The number of carbonyl (C=O) groups is 3. The number of fused-ring (bicyclic) bond motifs is 1. The first-order chi connectivity index (χ1) is 12.5. The van der Waals surface area contributed by atoms with Gasteiger partial charge in [0.05, 0.1) is 16.9 Å². The first kappa shape index (κ1) is 15.9. The molecule has 1 aliphatic heterocycles. The molecule has 0 bridgehead atoms. The minimum absolute atomic E-state index is 0.0993. The maximum Gasteiger partial charge on any atom is 0.312 e. The van der Waals surface area contributed by atoms with Crippen LogP contribution in [-0.4, -0.2) is 22.5 Å². The van der Waals surface area contributed by atoms with Gasteiger partial charge in [-0.05, 0) is 5.56 Å². The molecule has 2 aliphatic rings. The van der Waals surface area contributed by atoms with E-state index in [2.05, 4.69) is 0 Å². The average Bonchev–Trinajstić information content (AvgIpc) is 2.65. The second-order valence-corrected chi connectivity index (χ2v) is 6.03. The van der Waals surface area contributed by atoms with E-state index in [4.69, 9.17) is 4.74 Å². The monoisotopic (exact) mass is 349 g/mol. The zero-order valence-corrected chi connectivity index (χ0v) is 13.3. The molecule has 7 nitrogen and oxygen atoms in total. The molecule has 1 aliphatic carbocycles. The Morgan fingerprint density at radius 2 is 1.54 bits per heavy atom. The number of carbonyl (C=O) groups excluding carboxylic acids is 3. The molecule has 7 heteroatoms. The summed E-state index contributed by atoms with van der Waals surface area (Å²) >= 11 is 0. The number of allylic oxidation sites excluding steroid dienone is 2. The van der Waals surface area contributed by atoms with E-state index in [1.165, 1.54) is 30.3 Å². The second-order valence-electron chi connectivity index (χ2n) is 6.03. The van der Waals surface area contributed by atoms with Crippen molar-refractivity contribution in [1.29, 1.82) is 0 Å². The van der Waals surface area contributed by atoms with Crippen LogP contribution in [0.5, 0.6) is 0 Å². The highest BCUT2D eigenvalue weighted by Crippen LogP contribution is 2.41. The van der Waals surface area contributed by atoms with Crippen molar-refractivity contribution in [2.75, 3.05) is 0 Å². The van der Waals surface area contributed by atoms with E-state index >= 15 is 0 Å². The number of ketones is 2. The molecule has 1 heterocycles. The Balaban J connectivity index is 1.85. The predicted molar refractivity (Wildman–Crippen MR) is 88.7 cm³/mol. The quantitative estimate of drug-likeness (QED) is 0.469. The summed E-state index contributed by atoms with van der Waals surface area (Å²) in [6, 6.07) is 12.0. The van der Waals surface area contributed by atoms with E-state index in [0.717, 1.165) is 0 Å². The number of hydrogen-bond donors (Lipinski definition) is 0. The Hall–Kier alpha value is -3.61. The Kier molecular flexibility index (Phi) is 3.50. The van der Waals surface area contributed by atoms with Crippen molar-refractivity contribution >= 4 is 23.2 Å². The standard InChI is InChI=1S/C19H11NO6/c21-15-9-14(10-5-7-11(8-6-10)20(24)25)16-17(22)12-3-1-2-4-13(12)18(23)19(16)26-15/h1-8,14H,9H2. The third-order valence-corrected chi connectivity index (χ3v) is 4.55. The van der Waals surface area contributed by atoms with Gasteiger partial charge in [-0.15, -0.1) is 0 Å². The molecule has 26 heavy (non-hydrogen) atoms. The summed E-state index contributed by atoms with van der Waals surface area (Å²) in [5.74, 6) is -2.42. The number of esters is 1. The van der Waals surface area contributed by atoms with Crippen LogP contribution in [-0.2, 0) is 9.53 Å². The van der Waals surface area contributed by atoms with Crippen LogP contribution in [0.4, 0.5) is 5.69 Å². The highest BCUT2D eigenvalue weighted by molar-refractivity contribution is 6.27. The number of rotatable bonds is 2. The molecule has 0 aromatic heterocycles. The molecular formula is C19H11NO6. The van der Waals surface area contributed by atoms with Gasteiger partial charge in [0.2, 0.25) is 5.78 Å². The van der Waals surface area contributed by atoms with Crippen LogP contribution in [0.2, 0.25) is 0 Å². The smallest absolute Gasteiger partial charge is 0.312 e. The maximum absolute atomic E-state index is 13.0. The highest BCUT2D eigenvalue weighted by Gasteiger charge is 2.42. The van der Waals surface area contributed by atoms with Crippen molar-refractivity contribution in [2.45, 2.75) is 12.3 Å². The van der Waals surface area contributed by atoms with Crippen LogP contribution in [0.3, 0.4) is 0 Å². The number of nitro groups is 1. The van der Waals surface area contributed by atoms with Crippen LogP contribution in [0.25, 0.3) is 0 Å². The molecule has 1 unspecified atom stereocenters. The van der Waals surface area contributed by atoms with Crippen molar-refractivity contribution in [3.8, 4) is 0 Å². The molecule has 0 N–H and O–H groups in total. The third-order valence-electron chi connectivity index (χ3n) is 4.55. The molecule has 0 saturated carbocycles. The van der Waals surface area contributed by atoms with Crippen LogP contribution >= 0.6 is 0 Å². The van der Waals surface area contributed by atoms with E-state index < -0.39 is 22.6 Å². The molecular weight excluding hydrogens is 338 g/mol. The lowest BCUT2D eigenvalue weighted by molar-refractivity contribution is -0.384. The summed E-state index contributed by atoms with van der Waals surface area (Å²) in [6.45, 7) is 0. The predicted octanol–water partition coefficient (Wildman–Crippen LogP) is 2.96.